The van der Waals surface area contributed by atoms with Crippen molar-refractivity contribution in [1.29, 1.82) is 0 Å². The van der Waals surface area contributed by atoms with Crippen LogP contribution in [0.4, 0.5) is 24.5 Å². The molecule has 0 aliphatic rings. The largest absolute Gasteiger partial charge is 0.418 e. The molecule has 0 spiro atoms. The van der Waals surface area contributed by atoms with Gasteiger partial charge < -0.3 is 11.1 Å². The van der Waals surface area contributed by atoms with Gasteiger partial charge in [0.05, 0.1) is 16.8 Å². The molecule has 2 aromatic rings. The van der Waals surface area contributed by atoms with Gasteiger partial charge in [-0.3, -0.25) is 4.79 Å². The summed E-state index contributed by atoms with van der Waals surface area (Å²) in [5.74, 6) is -0.677. The normalized spacial score (nSPS) is 11.2. The summed E-state index contributed by atoms with van der Waals surface area (Å²) in [5, 5.41) is 2.25. The maximum Gasteiger partial charge on any atom is 0.418 e. The number of anilines is 2. The summed E-state index contributed by atoms with van der Waals surface area (Å²) in [6.45, 7) is 1.80. The Labute approximate surface area is 119 Å². The fraction of sp³-hybridized carbons (Fsp3) is 0.133. The highest BCUT2D eigenvalue weighted by Gasteiger charge is 2.33. The Morgan fingerprint density at radius 3 is 2.43 bits per heavy atom. The second-order valence-electron chi connectivity index (χ2n) is 4.59. The molecule has 0 saturated carbocycles. The number of hydrogen-bond donors (Lipinski definition) is 2. The molecule has 3 N–H and O–H groups in total. The lowest BCUT2D eigenvalue weighted by atomic mass is 10.1. The van der Waals surface area contributed by atoms with E-state index >= 15 is 0 Å². The standard InChI is InChI=1S/C15H13F3N2O/c1-9-6-7-10(12(19)8-9)14(21)20-13-5-3-2-4-11(13)15(16,17)18/h2-8H,19H2,1H3,(H,20,21). The van der Waals surface area contributed by atoms with Crippen molar-refractivity contribution in [3.63, 3.8) is 0 Å². The maximum atomic E-state index is 12.9. The first-order valence-corrected chi connectivity index (χ1v) is 6.13. The lowest BCUT2D eigenvalue weighted by Crippen LogP contribution is -2.17. The van der Waals surface area contributed by atoms with E-state index in [2.05, 4.69) is 5.32 Å². The molecule has 0 unspecified atom stereocenters. The predicted octanol–water partition coefficient (Wildman–Crippen LogP) is 3.85. The van der Waals surface area contributed by atoms with Gasteiger partial charge in [0.25, 0.3) is 5.91 Å². The number of carbonyl (C=O) groups is 1. The van der Waals surface area contributed by atoms with Crippen LogP contribution in [0.15, 0.2) is 42.5 Å². The molecule has 110 valence electrons. The Morgan fingerprint density at radius 2 is 1.81 bits per heavy atom. The fourth-order valence-electron chi connectivity index (χ4n) is 1.92. The third-order valence-electron chi connectivity index (χ3n) is 2.93. The number of halogens is 3. The first kappa shape index (κ1) is 14.9. The molecular weight excluding hydrogens is 281 g/mol. The van der Waals surface area contributed by atoms with E-state index in [0.29, 0.717) is 0 Å². The van der Waals surface area contributed by atoms with E-state index in [4.69, 9.17) is 5.73 Å². The highest BCUT2D eigenvalue weighted by molar-refractivity contribution is 6.08. The Bertz CT molecular complexity index is 681. The van der Waals surface area contributed by atoms with E-state index in [0.717, 1.165) is 11.6 Å². The van der Waals surface area contributed by atoms with Gasteiger partial charge in [-0.2, -0.15) is 13.2 Å². The summed E-state index contributed by atoms with van der Waals surface area (Å²) in [6, 6.07) is 9.53. The van der Waals surface area contributed by atoms with Crippen molar-refractivity contribution >= 4 is 17.3 Å². The predicted molar refractivity (Wildman–Crippen MR) is 75.0 cm³/mol. The van der Waals surface area contributed by atoms with Gasteiger partial charge in [0.2, 0.25) is 0 Å². The minimum Gasteiger partial charge on any atom is -0.398 e. The number of alkyl halides is 3. The molecule has 0 saturated heterocycles. The van der Waals surface area contributed by atoms with Gasteiger partial charge in [0, 0.05) is 5.69 Å². The zero-order chi connectivity index (χ0) is 15.6. The van der Waals surface area contributed by atoms with Crippen molar-refractivity contribution < 1.29 is 18.0 Å². The number of para-hydroxylation sites is 1. The van der Waals surface area contributed by atoms with Crippen molar-refractivity contribution in [1.82, 2.24) is 0 Å². The van der Waals surface area contributed by atoms with Gasteiger partial charge in [-0.05, 0) is 36.8 Å². The molecule has 0 radical (unpaired) electrons. The van der Waals surface area contributed by atoms with Crippen molar-refractivity contribution in [3.05, 3.63) is 59.2 Å². The third-order valence-corrected chi connectivity index (χ3v) is 2.93. The Hall–Kier alpha value is -2.50. The number of aryl methyl sites for hydroxylation is 1. The van der Waals surface area contributed by atoms with E-state index < -0.39 is 17.6 Å². The molecule has 0 atom stereocenters. The number of nitrogens with one attached hydrogen (secondary N) is 1. The van der Waals surface area contributed by atoms with Crippen LogP contribution in [0.25, 0.3) is 0 Å². The lowest BCUT2D eigenvalue weighted by Gasteiger charge is -2.14. The van der Waals surface area contributed by atoms with E-state index in [9.17, 15) is 18.0 Å². The second kappa shape index (κ2) is 5.47. The smallest absolute Gasteiger partial charge is 0.398 e. The average Bonchev–Trinajstić information content (AvgIpc) is 2.37. The zero-order valence-electron chi connectivity index (χ0n) is 11.2. The molecule has 2 aromatic carbocycles. The molecule has 3 nitrogen and oxygen atoms in total. The molecule has 0 aliphatic carbocycles. The van der Waals surface area contributed by atoms with E-state index in [1.165, 1.54) is 24.3 Å². The molecule has 6 heteroatoms. The molecule has 1 amide bonds. The topological polar surface area (TPSA) is 55.1 Å². The van der Waals surface area contributed by atoms with E-state index in [1.807, 2.05) is 0 Å². The quantitative estimate of drug-likeness (QED) is 0.827. The van der Waals surface area contributed by atoms with Gasteiger partial charge in [-0.15, -0.1) is 0 Å². The van der Waals surface area contributed by atoms with Crippen molar-refractivity contribution in [2.75, 3.05) is 11.1 Å². The molecule has 0 aliphatic heterocycles. The zero-order valence-corrected chi connectivity index (χ0v) is 11.2. The van der Waals surface area contributed by atoms with E-state index in [1.54, 1.807) is 19.1 Å². The van der Waals surface area contributed by atoms with Crippen LogP contribution in [0.3, 0.4) is 0 Å². The number of hydrogen-bond acceptors (Lipinski definition) is 2. The fourth-order valence-corrected chi connectivity index (χ4v) is 1.92. The number of benzene rings is 2. The van der Waals surface area contributed by atoms with Crippen molar-refractivity contribution in [3.8, 4) is 0 Å². The number of carbonyl (C=O) groups excluding carboxylic acids is 1. The monoisotopic (exact) mass is 294 g/mol. The number of rotatable bonds is 2. The minimum atomic E-state index is -4.54. The summed E-state index contributed by atoms with van der Waals surface area (Å²) >= 11 is 0. The summed E-state index contributed by atoms with van der Waals surface area (Å²) in [6.07, 6.45) is -4.54. The van der Waals surface area contributed by atoms with Crippen molar-refractivity contribution in [2.24, 2.45) is 0 Å². The Balaban J connectivity index is 2.32. The molecule has 0 heterocycles. The van der Waals surface area contributed by atoms with Crippen LogP contribution in [-0.4, -0.2) is 5.91 Å². The molecule has 2 rings (SSSR count). The van der Waals surface area contributed by atoms with Crippen LogP contribution >= 0.6 is 0 Å². The first-order chi connectivity index (χ1) is 9.79. The molecular formula is C15H13F3N2O. The molecule has 0 fully saturated rings. The highest BCUT2D eigenvalue weighted by Crippen LogP contribution is 2.34. The molecule has 21 heavy (non-hydrogen) atoms. The van der Waals surface area contributed by atoms with Crippen LogP contribution in [0.1, 0.15) is 21.5 Å². The van der Waals surface area contributed by atoms with Gasteiger partial charge in [0.15, 0.2) is 0 Å². The van der Waals surface area contributed by atoms with Gasteiger partial charge in [-0.25, -0.2) is 0 Å². The molecule has 0 aromatic heterocycles. The maximum absolute atomic E-state index is 12.9. The highest BCUT2D eigenvalue weighted by atomic mass is 19.4. The summed E-state index contributed by atoms with van der Waals surface area (Å²) in [5.41, 5.74) is 5.74. The Morgan fingerprint density at radius 1 is 1.14 bits per heavy atom. The van der Waals surface area contributed by atoms with Gasteiger partial charge in [-0.1, -0.05) is 18.2 Å². The van der Waals surface area contributed by atoms with Crippen LogP contribution in [0, 0.1) is 6.92 Å². The van der Waals surface area contributed by atoms with Crippen LogP contribution < -0.4 is 11.1 Å². The number of nitrogen functional groups attached to an aromatic ring is 1. The summed E-state index contributed by atoms with van der Waals surface area (Å²) in [4.78, 5) is 12.1. The van der Waals surface area contributed by atoms with Crippen LogP contribution in [0.5, 0.6) is 0 Å². The summed E-state index contributed by atoms with van der Waals surface area (Å²) < 4.78 is 38.6. The van der Waals surface area contributed by atoms with Gasteiger partial charge in [0.1, 0.15) is 0 Å². The first-order valence-electron chi connectivity index (χ1n) is 6.13. The average molecular weight is 294 g/mol. The summed E-state index contributed by atoms with van der Waals surface area (Å²) in [7, 11) is 0. The Kier molecular flexibility index (Phi) is 3.88. The number of nitrogens with two attached hydrogens (primary N) is 1. The van der Waals surface area contributed by atoms with Crippen LogP contribution in [-0.2, 0) is 6.18 Å². The van der Waals surface area contributed by atoms with Gasteiger partial charge >= 0.3 is 6.18 Å². The van der Waals surface area contributed by atoms with Crippen molar-refractivity contribution in [2.45, 2.75) is 13.1 Å². The SMILES string of the molecule is Cc1ccc(C(=O)Nc2ccccc2C(F)(F)F)c(N)c1. The lowest BCUT2D eigenvalue weighted by molar-refractivity contribution is -0.136. The van der Waals surface area contributed by atoms with Crippen LogP contribution in [0.2, 0.25) is 0 Å². The minimum absolute atomic E-state index is 0.137. The van der Waals surface area contributed by atoms with E-state index in [-0.39, 0.29) is 16.9 Å². The third kappa shape index (κ3) is 3.34. The molecule has 0 bridgehead atoms. The second-order valence-corrected chi connectivity index (χ2v) is 4.59. The number of amides is 1.